The number of nitrogens with one attached hydrogen (secondary N) is 1. The Bertz CT molecular complexity index is 1140. The molecule has 9 nitrogen and oxygen atoms in total. The van der Waals surface area contributed by atoms with E-state index in [4.69, 9.17) is 25.8 Å². The molecule has 1 atom stereocenters. The van der Waals surface area contributed by atoms with Gasteiger partial charge in [0.15, 0.2) is 0 Å². The number of carbonyl (C=O) groups is 1. The normalized spacial score (nSPS) is 17.6. The van der Waals surface area contributed by atoms with Crippen LogP contribution >= 0.6 is 0 Å². The van der Waals surface area contributed by atoms with Crippen LogP contribution in [-0.4, -0.2) is 85.3 Å². The number of anilines is 2. The van der Waals surface area contributed by atoms with Crippen LogP contribution in [0.4, 0.5) is 11.5 Å². The van der Waals surface area contributed by atoms with E-state index in [-0.39, 0.29) is 11.8 Å². The molecular weight excluding hydrogens is 454 g/mol. The van der Waals surface area contributed by atoms with Crippen molar-refractivity contribution in [3.63, 3.8) is 0 Å². The van der Waals surface area contributed by atoms with E-state index in [0.717, 1.165) is 59.6 Å². The van der Waals surface area contributed by atoms with Crippen LogP contribution in [0.25, 0.3) is 0 Å². The number of aromatic nitrogens is 2. The highest BCUT2D eigenvalue weighted by molar-refractivity contribution is 5.88. The first-order chi connectivity index (χ1) is 17.3. The average Bonchev–Trinajstić information content (AvgIpc) is 2.88. The van der Waals surface area contributed by atoms with Crippen molar-refractivity contribution < 1.29 is 9.53 Å². The van der Waals surface area contributed by atoms with Crippen LogP contribution < -0.4 is 15.4 Å². The summed E-state index contributed by atoms with van der Waals surface area (Å²) in [5, 5.41) is 7.96. The molecule has 0 bridgehead atoms. The third-order valence-corrected chi connectivity index (χ3v) is 7.16. The molecule has 0 radical (unpaired) electrons. The van der Waals surface area contributed by atoms with Gasteiger partial charge in [-0.1, -0.05) is 12.6 Å². The van der Waals surface area contributed by atoms with Crippen LogP contribution in [0.5, 0.6) is 6.01 Å². The molecule has 2 aromatic rings. The van der Waals surface area contributed by atoms with E-state index in [9.17, 15) is 4.79 Å². The second-order valence-corrected chi connectivity index (χ2v) is 9.81. The number of carbonyl (C=O) groups excluding carboxylic acids is 1. The van der Waals surface area contributed by atoms with Gasteiger partial charge in [-0.2, -0.15) is 9.97 Å². The van der Waals surface area contributed by atoms with Gasteiger partial charge in [0.05, 0.1) is 5.69 Å². The molecule has 192 valence electrons. The zero-order chi connectivity index (χ0) is 25.8. The highest BCUT2D eigenvalue weighted by atomic mass is 16.5. The zero-order valence-electron chi connectivity index (χ0n) is 21.6. The minimum absolute atomic E-state index is 0.0329. The summed E-state index contributed by atoms with van der Waals surface area (Å²) >= 11 is 0. The molecule has 1 unspecified atom stereocenters. The maximum absolute atomic E-state index is 12.1. The molecule has 3 N–H and O–H groups in total. The summed E-state index contributed by atoms with van der Waals surface area (Å²) in [6, 6.07) is 4.31. The van der Waals surface area contributed by atoms with E-state index in [2.05, 4.69) is 23.3 Å². The fourth-order valence-corrected chi connectivity index (χ4v) is 5.20. The average molecular weight is 492 g/mol. The molecule has 0 saturated carbocycles. The fraction of sp³-hybridized carbons (Fsp3) is 0.481. The first kappa shape index (κ1) is 25.6. The molecule has 1 aliphatic heterocycles. The smallest absolute Gasteiger partial charge is 0.318 e. The topological polar surface area (TPSA) is 112 Å². The SMILES string of the molecule is C=CC(=O)N1CCN(c2nc(OCCN(C)C)nc3c2CCC(c2c(C)ccc(N)c2C=N)C3)CC1. The van der Waals surface area contributed by atoms with Crippen molar-refractivity contribution in [3.05, 3.63) is 52.7 Å². The number of nitrogen functional groups attached to an aromatic ring is 1. The highest BCUT2D eigenvalue weighted by Crippen LogP contribution is 2.39. The van der Waals surface area contributed by atoms with E-state index in [1.807, 2.05) is 31.1 Å². The standard InChI is InChI=1S/C27H37N7O2/c1-5-24(35)33-10-12-34(13-11-33)26-20-8-7-19(25-18(2)6-9-22(29)21(25)17-28)16-23(20)30-27(31-26)36-15-14-32(3)4/h5-6,9,17,19,28H,1,7-8,10-16,29H2,2-4H3. The van der Waals surface area contributed by atoms with Gasteiger partial charge in [0.25, 0.3) is 0 Å². The lowest BCUT2D eigenvalue weighted by Crippen LogP contribution is -2.49. The molecule has 1 amide bonds. The summed E-state index contributed by atoms with van der Waals surface area (Å²) in [7, 11) is 4.01. The highest BCUT2D eigenvalue weighted by Gasteiger charge is 2.31. The van der Waals surface area contributed by atoms with E-state index in [1.165, 1.54) is 12.3 Å². The monoisotopic (exact) mass is 491 g/mol. The van der Waals surface area contributed by atoms with Gasteiger partial charge < -0.3 is 30.6 Å². The van der Waals surface area contributed by atoms with Crippen molar-refractivity contribution in [2.45, 2.75) is 32.1 Å². The lowest BCUT2D eigenvalue weighted by atomic mass is 9.78. The van der Waals surface area contributed by atoms with Crippen molar-refractivity contribution in [1.82, 2.24) is 19.8 Å². The van der Waals surface area contributed by atoms with E-state index in [0.29, 0.717) is 44.5 Å². The quantitative estimate of drug-likeness (QED) is 0.331. The van der Waals surface area contributed by atoms with Crippen molar-refractivity contribution in [2.75, 3.05) is 64.1 Å². The predicted octanol–water partition coefficient (Wildman–Crippen LogP) is 2.41. The summed E-state index contributed by atoms with van der Waals surface area (Å²) < 4.78 is 6.00. The van der Waals surface area contributed by atoms with Crippen molar-refractivity contribution >= 4 is 23.6 Å². The Hall–Kier alpha value is -3.46. The number of likely N-dealkylation sites (N-methyl/N-ethyl adjacent to an activating group) is 1. The minimum Gasteiger partial charge on any atom is -0.462 e. The van der Waals surface area contributed by atoms with Crippen LogP contribution in [0, 0.1) is 12.3 Å². The van der Waals surface area contributed by atoms with Crippen LogP contribution in [0.15, 0.2) is 24.8 Å². The number of benzene rings is 1. The first-order valence-electron chi connectivity index (χ1n) is 12.6. The van der Waals surface area contributed by atoms with Gasteiger partial charge in [-0.15, -0.1) is 0 Å². The van der Waals surface area contributed by atoms with Crippen LogP contribution in [0.1, 0.15) is 40.3 Å². The Morgan fingerprint density at radius 2 is 2.03 bits per heavy atom. The molecule has 2 heterocycles. The largest absolute Gasteiger partial charge is 0.462 e. The minimum atomic E-state index is -0.0329. The molecule has 9 heteroatoms. The van der Waals surface area contributed by atoms with Gasteiger partial charge in [-0.25, -0.2) is 0 Å². The summed E-state index contributed by atoms with van der Waals surface area (Å²) in [5.74, 6) is 1.10. The molecule has 1 saturated heterocycles. The fourth-order valence-electron chi connectivity index (χ4n) is 5.20. The molecule has 4 rings (SSSR count). The van der Waals surface area contributed by atoms with E-state index in [1.54, 1.807) is 0 Å². The number of ether oxygens (including phenoxy) is 1. The summed E-state index contributed by atoms with van der Waals surface area (Å²) in [6.45, 7) is 9.64. The van der Waals surface area contributed by atoms with Gasteiger partial charge in [0.2, 0.25) is 5.91 Å². The van der Waals surface area contributed by atoms with Crippen molar-refractivity contribution in [3.8, 4) is 6.01 Å². The van der Waals surface area contributed by atoms with Crippen molar-refractivity contribution in [1.29, 1.82) is 5.41 Å². The number of rotatable bonds is 8. The molecular formula is C27H37N7O2. The van der Waals surface area contributed by atoms with Gasteiger partial charge in [0.1, 0.15) is 12.4 Å². The third kappa shape index (κ3) is 5.36. The molecule has 0 spiro atoms. The molecule has 1 aromatic carbocycles. The molecule has 1 aliphatic carbocycles. The van der Waals surface area contributed by atoms with Crippen LogP contribution in [0.3, 0.4) is 0 Å². The maximum Gasteiger partial charge on any atom is 0.318 e. The summed E-state index contributed by atoms with van der Waals surface area (Å²) in [4.78, 5) is 27.9. The second-order valence-electron chi connectivity index (χ2n) is 9.81. The number of fused-ring (bicyclic) bond motifs is 1. The Balaban J connectivity index is 1.65. The van der Waals surface area contributed by atoms with E-state index >= 15 is 0 Å². The number of piperazine rings is 1. The lowest BCUT2D eigenvalue weighted by Gasteiger charge is -2.37. The van der Waals surface area contributed by atoms with E-state index < -0.39 is 0 Å². The molecule has 2 aliphatic rings. The number of aryl methyl sites for hydroxylation is 1. The van der Waals surface area contributed by atoms with Crippen LogP contribution in [0.2, 0.25) is 0 Å². The van der Waals surface area contributed by atoms with Crippen LogP contribution in [-0.2, 0) is 17.6 Å². The number of amides is 1. The number of hydrogen-bond donors (Lipinski definition) is 2. The third-order valence-electron chi connectivity index (χ3n) is 7.16. The number of hydrogen-bond acceptors (Lipinski definition) is 8. The van der Waals surface area contributed by atoms with Gasteiger partial charge in [-0.05, 0) is 69.5 Å². The van der Waals surface area contributed by atoms with Gasteiger partial charge in [-0.3, -0.25) is 4.79 Å². The Labute approximate surface area is 213 Å². The molecule has 1 aromatic heterocycles. The number of nitrogens with zero attached hydrogens (tertiary/aromatic N) is 5. The zero-order valence-corrected chi connectivity index (χ0v) is 21.6. The molecule has 36 heavy (non-hydrogen) atoms. The summed E-state index contributed by atoms with van der Waals surface area (Å²) in [6.07, 6.45) is 5.27. The summed E-state index contributed by atoms with van der Waals surface area (Å²) in [5.41, 5.74) is 12.1. The lowest BCUT2D eigenvalue weighted by molar-refractivity contribution is -0.126. The Kier molecular flexibility index (Phi) is 7.88. The van der Waals surface area contributed by atoms with Crippen molar-refractivity contribution in [2.24, 2.45) is 0 Å². The van der Waals surface area contributed by atoms with Gasteiger partial charge >= 0.3 is 6.01 Å². The predicted molar refractivity (Wildman–Crippen MR) is 143 cm³/mol. The van der Waals surface area contributed by atoms with Gasteiger partial charge in [0, 0.05) is 55.8 Å². The first-order valence-corrected chi connectivity index (χ1v) is 12.6. The Morgan fingerprint density at radius 3 is 2.69 bits per heavy atom. The molecule has 1 fully saturated rings. The second kappa shape index (κ2) is 11.1. The Morgan fingerprint density at radius 1 is 1.28 bits per heavy atom. The maximum atomic E-state index is 12.1. The number of nitrogens with two attached hydrogens (primary N) is 1.